The first-order valence-corrected chi connectivity index (χ1v) is 6.95. The Kier molecular flexibility index (Phi) is 4.56. The third-order valence-corrected chi connectivity index (χ3v) is 4.03. The van der Waals surface area contributed by atoms with Crippen LogP contribution in [0.25, 0.3) is 0 Å². The van der Waals surface area contributed by atoms with Crippen LogP contribution < -0.4 is 10.6 Å². The predicted molar refractivity (Wildman–Crippen MR) is 74.0 cm³/mol. The van der Waals surface area contributed by atoms with E-state index in [0.717, 1.165) is 11.1 Å². The lowest BCUT2D eigenvalue weighted by molar-refractivity contribution is -0.174. The number of aryl methyl sites for hydroxylation is 1. The minimum absolute atomic E-state index is 0.0981. The molecule has 1 amide bonds. The number of alkyl halides is 3. The molecule has 1 aliphatic rings. The summed E-state index contributed by atoms with van der Waals surface area (Å²) in [5, 5.41) is 5.28. The second-order valence-electron chi connectivity index (χ2n) is 5.56. The average Bonchev–Trinajstić information content (AvgIpc) is 2.41. The van der Waals surface area contributed by atoms with Gasteiger partial charge in [0.25, 0.3) is 0 Å². The van der Waals surface area contributed by atoms with E-state index in [2.05, 4.69) is 10.6 Å². The Labute approximate surface area is 121 Å². The van der Waals surface area contributed by atoms with Gasteiger partial charge in [0.2, 0.25) is 0 Å². The number of halogens is 3. The summed E-state index contributed by atoms with van der Waals surface area (Å²) in [6.45, 7) is 4.47. The van der Waals surface area contributed by atoms with Gasteiger partial charge in [-0.2, -0.15) is 13.2 Å². The molecule has 3 unspecified atom stereocenters. The van der Waals surface area contributed by atoms with Gasteiger partial charge in [0.05, 0.1) is 0 Å². The van der Waals surface area contributed by atoms with Gasteiger partial charge in [-0.15, -0.1) is 0 Å². The number of amides is 1. The van der Waals surface area contributed by atoms with Gasteiger partial charge in [0.1, 0.15) is 0 Å². The van der Waals surface area contributed by atoms with Crippen molar-refractivity contribution in [2.75, 3.05) is 6.54 Å². The molecule has 1 aromatic carbocycles. The largest absolute Gasteiger partial charge is 0.471 e. The lowest BCUT2D eigenvalue weighted by Gasteiger charge is -2.36. The second kappa shape index (κ2) is 6.05. The van der Waals surface area contributed by atoms with E-state index in [0.29, 0.717) is 13.0 Å². The third kappa shape index (κ3) is 3.75. The van der Waals surface area contributed by atoms with Crippen LogP contribution in [-0.4, -0.2) is 30.7 Å². The number of benzene rings is 1. The molecule has 21 heavy (non-hydrogen) atoms. The van der Waals surface area contributed by atoms with Crippen LogP contribution in [0, 0.1) is 6.92 Å². The molecule has 1 heterocycles. The van der Waals surface area contributed by atoms with E-state index in [-0.39, 0.29) is 12.0 Å². The van der Waals surface area contributed by atoms with Crippen molar-refractivity contribution >= 4 is 5.91 Å². The summed E-state index contributed by atoms with van der Waals surface area (Å²) in [5.74, 6) is -1.77. The molecule has 1 fully saturated rings. The molecule has 1 saturated heterocycles. The van der Waals surface area contributed by atoms with Gasteiger partial charge in [0.15, 0.2) is 0 Å². The highest BCUT2D eigenvalue weighted by Crippen LogP contribution is 2.28. The van der Waals surface area contributed by atoms with Crippen LogP contribution in [-0.2, 0) is 4.79 Å². The Balaban J connectivity index is 2.10. The number of rotatable bonds is 2. The van der Waals surface area contributed by atoms with Crippen molar-refractivity contribution in [2.45, 2.75) is 44.4 Å². The molecule has 1 aliphatic heterocycles. The molecule has 3 atom stereocenters. The van der Waals surface area contributed by atoms with Crippen LogP contribution in [0.4, 0.5) is 13.2 Å². The number of hydrogen-bond acceptors (Lipinski definition) is 2. The molecular formula is C15H19F3N2O. The third-order valence-electron chi connectivity index (χ3n) is 4.03. The van der Waals surface area contributed by atoms with E-state index in [1.165, 1.54) is 0 Å². The first-order chi connectivity index (χ1) is 9.79. The number of carbonyl (C=O) groups is 1. The zero-order chi connectivity index (χ0) is 15.6. The van der Waals surface area contributed by atoms with Crippen molar-refractivity contribution in [2.24, 2.45) is 0 Å². The molecular weight excluding hydrogens is 281 g/mol. The van der Waals surface area contributed by atoms with Crippen molar-refractivity contribution in [3.8, 4) is 0 Å². The maximum atomic E-state index is 12.4. The molecule has 0 aliphatic carbocycles. The Morgan fingerprint density at radius 1 is 1.33 bits per heavy atom. The molecule has 116 valence electrons. The lowest BCUT2D eigenvalue weighted by Crippen LogP contribution is -2.56. The smallest absolute Gasteiger partial charge is 0.344 e. The molecule has 3 nitrogen and oxygen atoms in total. The highest BCUT2D eigenvalue weighted by Gasteiger charge is 2.41. The first-order valence-electron chi connectivity index (χ1n) is 6.95. The second-order valence-corrected chi connectivity index (χ2v) is 5.56. The summed E-state index contributed by atoms with van der Waals surface area (Å²) in [6, 6.07) is 7.11. The number of carbonyl (C=O) groups excluding carboxylic acids is 1. The van der Waals surface area contributed by atoms with E-state index in [1.54, 1.807) is 6.92 Å². The van der Waals surface area contributed by atoms with Crippen LogP contribution in [0.15, 0.2) is 24.3 Å². The average molecular weight is 300 g/mol. The summed E-state index contributed by atoms with van der Waals surface area (Å²) in [7, 11) is 0. The molecule has 6 heteroatoms. The quantitative estimate of drug-likeness (QED) is 0.881. The SMILES string of the molecule is Cc1ccccc1C1CNC(C)C(NC(=O)C(F)(F)F)C1. The summed E-state index contributed by atoms with van der Waals surface area (Å²) < 4.78 is 37.1. The fourth-order valence-electron chi connectivity index (χ4n) is 2.78. The van der Waals surface area contributed by atoms with Crippen LogP contribution in [0.5, 0.6) is 0 Å². The first kappa shape index (κ1) is 15.8. The van der Waals surface area contributed by atoms with Crippen LogP contribution in [0.1, 0.15) is 30.4 Å². The van der Waals surface area contributed by atoms with Crippen molar-refractivity contribution in [3.63, 3.8) is 0 Å². The topological polar surface area (TPSA) is 41.1 Å². The number of piperidine rings is 1. The minimum Gasteiger partial charge on any atom is -0.344 e. The van der Waals surface area contributed by atoms with Gasteiger partial charge in [-0.05, 0) is 37.3 Å². The zero-order valence-electron chi connectivity index (χ0n) is 12.0. The zero-order valence-corrected chi connectivity index (χ0v) is 12.0. The van der Waals surface area contributed by atoms with Crippen LogP contribution in [0.3, 0.4) is 0 Å². The molecule has 0 aromatic heterocycles. The van der Waals surface area contributed by atoms with Crippen molar-refractivity contribution in [3.05, 3.63) is 35.4 Å². The summed E-state index contributed by atoms with van der Waals surface area (Å²) in [5.41, 5.74) is 2.22. The summed E-state index contributed by atoms with van der Waals surface area (Å²) >= 11 is 0. The Morgan fingerprint density at radius 3 is 2.62 bits per heavy atom. The monoisotopic (exact) mass is 300 g/mol. The maximum Gasteiger partial charge on any atom is 0.471 e. The predicted octanol–water partition coefficient (Wildman–Crippen LogP) is 2.51. The molecule has 0 bridgehead atoms. The van der Waals surface area contributed by atoms with Gasteiger partial charge in [0, 0.05) is 18.6 Å². The fraction of sp³-hybridized carbons (Fsp3) is 0.533. The van der Waals surface area contributed by atoms with E-state index >= 15 is 0 Å². The van der Waals surface area contributed by atoms with Gasteiger partial charge < -0.3 is 10.6 Å². The molecule has 1 aromatic rings. The number of hydrogen-bond donors (Lipinski definition) is 2. The summed E-state index contributed by atoms with van der Waals surface area (Å²) in [6.07, 6.45) is -4.34. The van der Waals surface area contributed by atoms with Gasteiger partial charge >= 0.3 is 12.1 Å². The standard InChI is InChI=1S/C15H19F3N2O/c1-9-5-3-4-6-12(9)11-7-13(10(2)19-8-11)20-14(21)15(16,17)18/h3-6,10-11,13,19H,7-8H2,1-2H3,(H,20,21). The molecule has 2 rings (SSSR count). The highest BCUT2D eigenvalue weighted by atomic mass is 19.4. The van der Waals surface area contributed by atoms with Gasteiger partial charge in [-0.25, -0.2) is 0 Å². The van der Waals surface area contributed by atoms with E-state index < -0.39 is 18.1 Å². The summed E-state index contributed by atoms with van der Waals surface area (Å²) in [4.78, 5) is 11.1. The Morgan fingerprint density at radius 2 is 2.00 bits per heavy atom. The Hall–Kier alpha value is -1.56. The normalized spacial score (nSPS) is 26.4. The van der Waals surface area contributed by atoms with Crippen molar-refractivity contribution in [1.82, 2.24) is 10.6 Å². The lowest BCUT2D eigenvalue weighted by atomic mass is 9.84. The maximum absolute atomic E-state index is 12.4. The van der Waals surface area contributed by atoms with E-state index in [1.807, 2.05) is 31.2 Å². The van der Waals surface area contributed by atoms with Crippen LogP contribution in [0.2, 0.25) is 0 Å². The molecule has 0 saturated carbocycles. The van der Waals surface area contributed by atoms with E-state index in [9.17, 15) is 18.0 Å². The van der Waals surface area contributed by atoms with Gasteiger partial charge in [-0.1, -0.05) is 24.3 Å². The Bertz CT molecular complexity index is 516. The molecule has 2 N–H and O–H groups in total. The number of nitrogens with one attached hydrogen (secondary N) is 2. The molecule has 0 radical (unpaired) electrons. The van der Waals surface area contributed by atoms with Crippen molar-refractivity contribution in [1.29, 1.82) is 0 Å². The highest BCUT2D eigenvalue weighted by molar-refractivity contribution is 5.82. The van der Waals surface area contributed by atoms with Crippen molar-refractivity contribution < 1.29 is 18.0 Å². The fourth-order valence-corrected chi connectivity index (χ4v) is 2.78. The minimum atomic E-state index is -4.84. The van der Waals surface area contributed by atoms with Crippen LogP contribution >= 0.6 is 0 Å². The van der Waals surface area contributed by atoms with Gasteiger partial charge in [-0.3, -0.25) is 4.79 Å². The molecule has 0 spiro atoms. The van der Waals surface area contributed by atoms with E-state index in [4.69, 9.17) is 0 Å².